The maximum atomic E-state index is 13.7. The van der Waals surface area contributed by atoms with Crippen molar-refractivity contribution in [3.63, 3.8) is 0 Å². The molecule has 3 heterocycles. The van der Waals surface area contributed by atoms with E-state index >= 15 is 0 Å². The Hall–Kier alpha value is -3.38. The fraction of sp³-hybridized carbons (Fsp3) is 0.548. The topological polar surface area (TPSA) is 113 Å². The number of morpholine rings is 1. The molecule has 11 heteroatoms. The van der Waals surface area contributed by atoms with E-state index in [0.717, 1.165) is 30.2 Å². The van der Waals surface area contributed by atoms with Gasteiger partial charge in [-0.2, -0.15) is 0 Å². The quantitative estimate of drug-likeness (QED) is 0.436. The molecule has 0 unspecified atom stereocenters. The van der Waals surface area contributed by atoms with Gasteiger partial charge in [-0.25, -0.2) is 0 Å². The Balaban J connectivity index is 1.30. The Kier molecular flexibility index (Phi) is 9.84. The van der Waals surface area contributed by atoms with Gasteiger partial charge >= 0.3 is 0 Å². The highest BCUT2D eigenvalue weighted by Crippen LogP contribution is 2.33. The molecule has 5 rings (SSSR count). The van der Waals surface area contributed by atoms with Crippen LogP contribution in [0.15, 0.2) is 36.4 Å². The number of ether oxygens (including phenoxy) is 4. The molecule has 1 saturated heterocycles. The molecule has 2 N–H and O–H groups in total. The van der Waals surface area contributed by atoms with Gasteiger partial charge in [0.1, 0.15) is 11.9 Å². The lowest BCUT2D eigenvalue weighted by Crippen LogP contribution is -2.49. The molecule has 42 heavy (non-hydrogen) atoms. The van der Waals surface area contributed by atoms with Crippen molar-refractivity contribution >= 4 is 17.5 Å². The minimum absolute atomic E-state index is 0.00475. The normalized spacial score (nSPS) is 21.4. The van der Waals surface area contributed by atoms with Crippen molar-refractivity contribution in [2.45, 2.75) is 39.0 Å². The second-order valence-corrected chi connectivity index (χ2v) is 11.5. The van der Waals surface area contributed by atoms with E-state index in [2.05, 4.69) is 22.0 Å². The van der Waals surface area contributed by atoms with Crippen molar-refractivity contribution in [1.82, 2.24) is 14.7 Å². The number of carbonyl (C=O) groups is 2. The van der Waals surface area contributed by atoms with Crippen molar-refractivity contribution in [1.29, 1.82) is 0 Å². The maximum Gasteiger partial charge on any atom is 0.258 e. The Morgan fingerprint density at radius 3 is 2.67 bits per heavy atom. The monoisotopic (exact) mass is 582 g/mol. The van der Waals surface area contributed by atoms with Crippen molar-refractivity contribution in [2.75, 3.05) is 71.7 Å². The van der Waals surface area contributed by atoms with Gasteiger partial charge in [0.15, 0.2) is 11.5 Å². The van der Waals surface area contributed by atoms with Gasteiger partial charge in [-0.15, -0.1) is 0 Å². The van der Waals surface area contributed by atoms with Gasteiger partial charge in [0, 0.05) is 57.3 Å². The van der Waals surface area contributed by atoms with Gasteiger partial charge in [-0.3, -0.25) is 19.4 Å². The number of fused-ring (bicyclic) bond motifs is 2. The van der Waals surface area contributed by atoms with Crippen LogP contribution in [0.25, 0.3) is 0 Å². The predicted molar refractivity (Wildman–Crippen MR) is 157 cm³/mol. The van der Waals surface area contributed by atoms with E-state index in [1.807, 2.05) is 32.2 Å². The lowest BCUT2D eigenvalue weighted by atomic mass is 9.99. The second kappa shape index (κ2) is 13.7. The van der Waals surface area contributed by atoms with Gasteiger partial charge in [0.2, 0.25) is 12.7 Å². The molecular weight excluding hydrogens is 540 g/mol. The molecule has 3 aliphatic rings. The lowest BCUT2D eigenvalue weighted by Gasteiger charge is -2.38. The minimum atomic E-state index is -0.371. The van der Waals surface area contributed by atoms with Gasteiger partial charge in [0.25, 0.3) is 5.91 Å². The number of rotatable bonds is 10. The summed E-state index contributed by atoms with van der Waals surface area (Å²) < 4.78 is 22.9. The molecule has 0 saturated carbocycles. The van der Waals surface area contributed by atoms with Crippen LogP contribution in [0.3, 0.4) is 0 Å². The largest absolute Gasteiger partial charge is 0.488 e. The average Bonchev–Trinajstić information content (AvgIpc) is 3.46. The second-order valence-electron chi connectivity index (χ2n) is 11.5. The zero-order chi connectivity index (χ0) is 29.6. The number of hydrogen-bond acceptors (Lipinski definition) is 9. The third-order valence-electron chi connectivity index (χ3n) is 8.09. The molecule has 0 aliphatic carbocycles. The molecule has 11 nitrogen and oxygen atoms in total. The summed E-state index contributed by atoms with van der Waals surface area (Å²) in [5, 5.41) is 12.9. The van der Waals surface area contributed by atoms with Crippen molar-refractivity contribution in [3.8, 4) is 17.2 Å². The molecular formula is C31H42N4O7. The van der Waals surface area contributed by atoms with Crippen LogP contribution >= 0.6 is 0 Å². The summed E-state index contributed by atoms with van der Waals surface area (Å²) in [5.41, 5.74) is 2.01. The number of likely N-dealkylation sites (N-methyl/N-ethyl adjacent to an activating group) is 1. The number of nitrogens with one attached hydrogen (secondary N) is 1. The summed E-state index contributed by atoms with van der Waals surface area (Å²) in [4.78, 5) is 32.6. The molecule has 0 bridgehead atoms. The number of amides is 2. The zero-order valence-corrected chi connectivity index (χ0v) is 24.7. The molecule has 3 atom stereocenters. The smallest absolute Gasteiger partial charge is 0.258 e. The molecule has 2 amide bonds. The van der Waals surface area contributed by atoms with Crippen LogP contribution in [-0.2, 0) is 16.1 Å². The van der Waals surface area contributed by atoms with E-state index in [1.165, 1.54) is 0 Å². The van der Waals surface area contributed by atoms with Crippen molar-refractivity contribution in [2.24, 2.45) is 5.92 Å². The third-order valence-corrected chi connectivity index (χ3v) is 8.09. The van der Waals surface area contributed by atoms with Crippen LogP contribution in [0, 0.1) is 5.92 Å². The van der Waals surface area contributed by atoms with E-state index in [-0.39, 0.29) is 43.3 Å². The molecule has 1 fully saturated rings. The van der Waals surface area contributed by atoms with E-state index < -0.39 is 0 Å². The molecule has 2 aromatic rings. The minimum Gasteiger partial charge on any atom is -0.488 e. The van der Waals surface area contributed by atoms with Crippen LogP contribution in [-0.4, -0.2) is 110 Å². The average molecular weight is 583 g/mol. The highest BCUT2D eigenvalue weighted by Gasteiger charge is 2.33. The van der Waals surface area contributed by atoms with E-state index in [9.17, 15) is 14.7 Å². The summed E-state index contributed by atoms with van der Waals surface area (Å²) >= 11 is 0. The van der Waals surface area contributed by atoms with E-state index in [1.54, 1.807) is 23.1 Å². The summed E-state index contributed by atoms with van der Waals surface area (Å²) in [6.45, 7) is 9.39. The maximum absolute atomic E-state index is 13.7. The fourth-order valence-corrected chi connectivity index (χ4v) is 5.55. The summed E-state index contributed by atoms with van der Waals surface area (Å²) in [5.74, 6) is 1.63. The first-order chi connectivity index (χ1) is 20.3. The highest BCUT2D eigenvalue weighted by atomic mass is 16.7. The van der Waals surface area contributed by atoms with E-state index in [4.69, 9.17) is 18.9 Å². The summed E-state index contributed by atoms with van der Waals surface area (Å²) in [7, 11) is 2.04. The number of carbonyl (C=O) groups excluding carboxylic acids is 2. The van der Waals surface area contributed by atoms with Crippen molar-refractivity contribution < 1.29 is 33.6 Å². The number of aliphatic hydroxyl groups is 1. The standard InChI is InChI=1S/C31H42N4O7/c1-21-16-35(22(2)19-36)31(38)25-15-24(32-30(37)8-9-34-10-12-39-13-11-34)5-7-26(25)42-29(21)18-33(3)17-23-4-6-27-28(14-23)41-20-40-27/h4-7,14-15,21-22,29,36H,8-13,16-20H2,1-3H3,(H,32,37)/t21-,22+,29-/m1/s1. The number of hydrogen-bond donors (Lipinski definition) is 2. The predicted octanol–water partition coefficient (Wildman–Crippen LogP) is 2.43. The first-order valence-electron chi connectivity index (χ1n) is 14.7. The van der Waals surface area contributed by atoms with Crippen LogP contribution in [0.1, 0.15) is 36.2 Å². The SMILES string of the molecule is C[C@@H]1CN([C@@H](C)CO)C(=O)c2cc(NC(=O)CCN3CCOCC3)ccc2O[C@@H]1CN(C)Cc1ccc2c(c1)OCO2. The fourth-order valence-electron chi connectivity index (χ4n) is 5.55. The molecule has 3 aliphatic heterocycles. The van der Waals surface area contributed by atoms with Crippen LogP contribution < -0.4 is 19.5 Å². The number of aliphatic hydroxyl groups excluding tert-OH is 1. The van der Waals surface area contributed by atoms with Crippen molar-refractivity contribution in [3.05, 3.63) is 47.5 Å². The first kappa shape index (κ1) is 30.1. The van der Waals surface area contributed by atoms with Gasteiger partial charge in [-0.05, 0) is 49.9 Å². The molecule has 0 aromatic heterocycles. The molecule has 0 radical (unpaired) electrons. The Morgan fingerprint density at radius 1 is 1.12 bits per heavy atom. The molecule has 0 spiro atoms. The number of benzene rings is 2. The molecule has 228 valence electrons. The number of anilines is 1. The van der Waals surface area contributed by atoms with Crippen LogP contribution in [0.5, 0.6) is 17.2 Å². The third kappa shape index (κ3) is 7.33. The number of nitrogens with zero attached hydrogens (tertiary/aromatic N) is 3. The summed E-state index contributed by atoms with van der Waals surface area (Å²) in [6.07, 6.45) is 0.128. The van der Waals surface area contributed by atoms with Gasteiger partial charge < -0.3 is 34.3 Å². The highest BCUT2D eigenvalue weighted by molar-refractivity contribution is 6.00. The Bertz CT molecular complexity index is 1250. The van der Waals surface area contributed by atoms with Gasteiger partial charge in [-0.1, -0.05) is 13.0 Å². The van der Waals surface area contributed by atoms with E-state index in [0.29, 0.717) is 62.8 Å². The zero-order valence-electron chi connectivity index (χ0n) is 24.7. The molecule has 2 aromatic carbocycles. The lowest BCUT2D eigenvalue weighted by molar-refractivity contribution is -0.116. The van der Waals surface area contributed by atoms with Gasteiger partial charge in [0.05, 0.1) is 31.4 Å². The Labute approximate surface area is 247 Å². The van der Waals surface area contributed by atoms with Crippen LogP contribution in [0.2, 0.25) is 0 Å². The summed E-state index contributed by atoms with van der Waals surface area (Å²) in [6, 6.07) is 10.8. The Morgan fingerprint density at radius 2 is 1.88 bits per heavy atom. The first-order valence-corrected chi connectivity index (χ1v) is 14.7. The van der Waals surface area contributed by atoms with Crippen LogP contribution in [0.4, 0.5) is 5.69 Å².